The first-order chi connectivity index (χ1) is 10.0. The molecule has 0 aliphatic rings. The van der Waals surface area contributed by atoms with Crippen molar-refractivity contribution >= 4 is 12.0 Å². The molecule has 1 rings (SSSR count). The van der Waals surface area contributed by atoms with E-state index in [1.807, 2.05) is 6.92 Å². The van der Waals surface area contributed by atoms with Gasteiger partial charge in [0.1, 0.15) is 0 Å². The van der Waals surface area contributed by atoms with Crippen LogP contribution in [0.25, 0.3) is 0 Å². The molecule has 21 heavy (non-hydrogen) atoms. The van der Waals surface area contributed by atoms with E-state index in [2.05, 4.69) is 22.5 Å². The average molecular weight is 293 g/mol. The number of carboxylic acids is 1. The molecular formula is C15H23N3O3. The standard InChI is InChI=1S/C15H23N3O3/c1-3-4-5-6-11(2)18-15(21)17-10-13-9-12(14(19)20)7-8-16-13/h7-9,11H,3-6,10H2,1-2H3,(H,19,20)(H2,17,18,21). The summed E-state index contributed by atoms with van der Waals surface area (Å²) in [6, 6.07) is 2.73. The van der Waals surface area contributed by atoms with Crippen LogP contribution in [-0.2, 0) is 6.54 Å². The van der Waals surface area contributed by atoms with Crippen molar-refractivity contribution in [3.8, 4) is 0 Å². The number of carboxylic acid groups (broad SMARTS) is 1. The van der Waals surface area contributed by atoms with Crippen LogP contribution in [0.5, 0.6) is 0 Å². The normalized spacial score (nSPS) is 11.7. The van der Waals surface area contributed by atoms with Gasteiger partial charge in [0, 0.05) is 12.2 Å². The maximum absolute atomic E-state index is 11.7. The molecule has 0 saturated carbocycles. The Hall–Kier alpha value is -2.11. The second-order valence-corrected chi connectivity index (χ2v) is 5.06. The lowest BCUT2D eigenvalue weighted by atomic mass is 10.1. The van der Waals surface area contributed by atoms with Crippen molar-refractivity contribution in [1.29, 1.82) is 0 Å². The summed E-state index contributed by atoms with van der Waals surface area (Å²) in [5.74, 6) is -1.01. The van der Waals surface area contributed by atoms with Crippen LogP contribution in [0.3, 0.4) is 0 Å². The molecule has 116 valence electrons. The number of nitrogens with one attached hydrogen (secondary N) is 2. The highest BCUT2D eigenvalue weighted by Gasteiger charge is 2.08. The Balaban J connectivity index is 2.35. The number of carbonyl (C=O) groups excluding carboxylic acids is 1. The molecule has 6 nitrogen and oxygen atoms in total. The van der Waals surface area contributed by atoms with E-state index in [0.717, 1.165) is 19.3 Å². The van der Waals surface area contributed by atoms with E-state index in [4.69, 9.17) is 5.11 Å². The van der Waals surface area contributed by atoms with Crippen molar-refractivity contribution in [2.75, 3.05) is 0 Å². The summed E-state index contributed by atoms with van der Waals surface area (Å²) in [5, 5.41) is 14.4. The van der Waals surface area contributed by atoms with E-state index in [1.165, 1.54) is 24.8 Å². The first kappa shape index (κ1) is 16.9. The number of hydrogen-bond acceptors (Lipinski definition) is 3. The lowest BCUT2D eigenvalue weighted by Crippen LogP contribution is -2.40. The summed E-state index contributed by atoms with van der Waals surface area (Å²) in [4.78, 5) is 26.6. The SMILES string of the molecule is CCCCCC(C)NC(=O)NCc1cc(C(=O)O)ccn1. The van der Waals surface area contributed by atoms with E-state index >= 15 is 0 Å². The molecule has 6 heteroatoms. The number of aromatic carboxylic acids is 1. The van der Waals surface area contributed by atoms with Gasteiger partial charge in [-0.3, -0.25) is 4.98 Å². The Morgan fingerprint density at radius 1 is 1.38 bits per heavy atom. The Morgan fingerprint density at radius 2 is 2.14 bits per heavy atom. The van der Waals surface area contributed by atoms with Gasteiger partial charge in [0.2, 0.25) is 0 Å². The van der Waals surface area contributed by atoms with E-state index in [-0.39, 0.29) is 24.2 Å². The Bertz CT molecular complexity index is 477. The zero-order valence-corrected chi connectivity index (χ0v) is 12.6. The summed E-state index contributed by atoms with van der Waals surface area (Å²) < 4.78 is 0. The highest BCUT2D eigenvalue weighted by Crippen LogP contribution is 2.03. The minimum Gasteiger partial charge on any atom is -0.478 e. The smallest absolute Gasteiger partial charge is 0.335 e. The topological polar surface area (TPSA) is 91.3 Å². The number of aromatic nitrogens is 1. The molecule has 0 bridgehead atoms. The van der Waals surface area contributed by atoms with E-state index in [0.29, 0.717) is 5.69 Å². The third kappa shape index (κ3) is 6.74. The van der Waals surface area contributed by atoms with Crippen molar-refractivity contribution in [2.24, 2.45) is 0 Å². The number of hydrogen-bond donors (Lipinski definition) is 3. The molecule has 0 radical (unpaired) electrons. The third-order valence-corrected chi connectivity index (χ3v) is 3.11. The van der Waals surface area contributed by atoms with Gasteiger partial charge in [-0.15, -0.1) is 0 Å². The second-order valence-electron chi connectivity index (χ2n) is 5.06. The van der Waals surface area contributed by atoms with E-state index < -0.39 is 5.97 Å². The van der Waals surface area contributed by atoms with Crippen LogP contribution >= 0.6 is 0 Å². The summed E-state index contributed by atoms with van der Waals surface area (Å²) in [6.45, 7) is 4.32. The molecule has 0 spiro atoms. The molecule has 2 amide bonds. The Morgan fingerprint density at radius 3 is 2.81 bits per heavy atom. The fourth-order valence-electron chi connectivity index (χ4n) is 1.93. The van der Waals surface area contributed by atoms with Gasteiger partial charge in [0.25, 0.3) is 0 Å². The van der Waals surface area contributed by atoms with Crippen LogP contribution in [0, 0.1) is 0 Å². The van der Waals surface area contributed by atoms with Gasteiger partial charge in [0.15, 0.2) is 0 Å². The predicted octanol–water partition coefficient (Wildman–Crippen LogP) is 2.55. The zero-order valence-electron chi connectivity index (χ0n) is 12.6. The van der Waals surface area contributed by atoms with E-state index in [9.17, 15) is 9.59 Å². The van der Waals surface area contributed by atoms with E-state index in [1.54, 1.807) is 0 Å². The van der Waals surface area contributed by atoms with Crippen LogP contribution in [-0.4, -0.2) is 28.1 Å². The van der Waals surface area contributed by atoms with Gasteiger partial charge in [-0.2, -0.15) is 0 Å². The molecule has 1 aromatic rings. The third-order valence-electron chi connectivity index (χ3n) is 3.11. The average Bonchev–Trinajstić information content (AvgIpc) is 2.45. The summed E-state index contributed by atoms with van der Waals surface area (Å²) >= 11 is 0. The second kappa shape index (κ2) is 8.94. The maximum atomic E-state index is 11.7. The first-order valence-corrected chi connectivity index (χ1v) is 7.25. The molecule has 1 atom stereocenters. The number of rotatable bonds is 8. The Kier molecular flexibility index (Phi) is 7.21. The van der Waals surface area contributed by atoms with Crippen molar-refractivity contribution < 1.29 is 14.7 Å². The molecule has 1 aromatic heterocycles. The highest BCUT2D eigenvalue weighted by molar-refractivity contribution is 5.87. The van der Waals surface area contributed by atoms with Gasteiger partial charge in [0.05, 0.1) is 17.8 Å². The molecule has 0 aromatic carbocycles. The van der Waals surface area contributed by atoms with Crippen LogP contribution in [0.4, 0.5) is 4.79 Å². The molecule has 1 heterocycles. The fourth-order valence-corrected chi connectivity index (χ4v) is 1.93. The van der Waals surface area contributed by atoms with Crippen LogP contribution < -0.4 is 10.6 Å². The molecule has 1 unspecified atom stereocenters. The zero-order chi connectivity index (χ0) is 15.7. The van der Waals surface area contributed by atoms with Crippen LogP contribution in [0.2, 0.25) is 0 Å². The van der Waals surface area contributed by atoms with Crippen molar-refractivity contribution in [1.82, 2.24) is 15.6 Å². The molecule has 3 N–H and O–H groups in total. The quantitative estimate of drug-likeness (QED) is 0.642. The van der Waals surface area contributed by atoms with Gasteiger partial charge in [-0.05, 0) is 25.5 Å². The van der Waals surface area contributed by atoms with Crippen molar-refractivity contribution in [3.05, 3.63) is 29.6 Å². The number of unbranched alkanes of at least 4 members (excludes halogenated alkanes) is 2. The summed E-state index contributed by atoms with van der Waals surface area (Å²) in [6.07, 6.45) is 5.80. The minimum atomic E-state index is -1.01. The van der Waals surface area contributed by atoms with Crippen molar-refractivity contribution in [3.63, 3.8) is 0 Å². The highest BCUT2D eigenvalue weighted by atomic mass is 16.4. The molecule has 0 fully saturated rings. The summed E-state index contributed by atoms with van der Waals surface area (Å²) in [5.41, 5.74) is 0.679. The number of carbonyl (C=O) groups is 2. The van der Waals surface area contributed by atoms with Crippen molar-refractivity contribution in [2.45, 2.75) is 52.1 Å². The number of amides is 2. The largest absolute Gasteiger partial charge is 0.478 e. The van der Waals surface area contributed by atoms with Crippen LogP contribution in [0.15, 0.2) is 18.3 Å². The molecular weight excluding hydrogens is 270 g/mol. The maximum Gasteiger partial charge on any atom is 0.335 e. The molecule has 0 aliphatic carbocycles. The molecule has 0 aliphatic heterocycles. The monoisotopic (exact) mass is 293 g/mol. The fraction of sp³-hybridized carbons (Fsp3) is 0.533. The van der Waals surface area contributed by atoms with Gasteiger partial charge in [-0.25, -0.2) is 9.59 Å². The first-order valence-electron chi connectivity index (χ1n) is 7.25. The predicted molar refractivity (Wildman–Crippen MR) is 80.2 cm³/mol. The van der Waals surface area contributed by atoms with Gasteiger partial charge in [-0.1, -0.05) is 26.2 Å². The lowest BCUT2D eigenvalue weighted by molar-refractivity contribution is 0.0696. The number of urea groups is 1. The van der Waals surface area contributed by atoms with Gasteiger partial charge < -0.3 is 15.7 Å². The number of nitrogens with zero attached hydrogens (tertiary/aromatic N) is 1. The Labute approximate surface area is 125 Å². The molecule has 0 saturated heterocycles. The number of pyridine rings is 1. The minimum absolute atomic E-state index is 0.120. The summed E-state index contributed by atoms with van der Waals surface area (Å²) in [7, 11) is 0. The lowest BCUT2D eigenvalue weighted by Gasteiger charge is -2.14. The van der Waals surface area contributed by atoms with Gasteiger partial charge >= 0.3 is 12.0 Å². The van der Waals surface area contributed by atoms with Crippen LogP contribution in [0.1, 0.15) is 55.6 Å².